The Bertz CT molecular complexity index is 813. The molecule has 0 bridgehead atoms. The van der Waals surface area contributed by atoms with Gasteiger partial charge in [0.25, 0.3) is 0 Å². The van der Waals surface area contributed by atoms with Crippen molar-refractivity contribution in [2.45, 2.75) is 11.1 Å². The van der Waals surface area contributed by atoms with E-state index in [1.54, 1.807) is 0 Å². The van der Waals surface area contributed by atoms with Gasteiger partial charge in [-0.25, -0.2) is 4.98 Å². The van der Waals surface area contributed by atoms with E-state index in [0.29, 0.717) is 10.0 Å². The number of aromatic nitrogens is 2. The van der Waals surface area contributed by atoms with Crippen molar-refractivity contribution in [3.63, 3.8) is 0 Å². The van der Waals surface area contributed by atoms with Crippen LogP contribution < -0.4 is 0 Å². The Balaban J connectivity index is 1.89. The van der Waals surface area contributed by atoms with Gasteiger partial charge in [0.15, 0.2) is 0 Å². The summed E-state index contributed by atoms with van der Waals surface area (Å²) in [5.41, 5.74) is 3.38. The number of hydrogen-bond acceptors (Lipinski definition) is 2. The highest BCUT2D eigenvalue weighted by atomic mass is 35.5. The highest BCUT2D eigenvalue weighted by molar-refractivity contribution is 7.99. The smallest absolute Gasteiger partial charge is 0.121 e. The molecule has 1 aliphatic heterocycles. The molecule has 0 unspecified atom stereocenters. The number of thioether (sulfide) groups is 1. The van der Waals surface area contributed by atoms with Gasteiger partial charge in [0, 0.05) is 0 Å². The number of para-hydroxylation sites is 2. The van der Waals surface area contributed by atoms with Crippen LogP contribution in [0.15, 0.2) is 42.5 Å². The quantitative estimate of drug-likeness (QED) is 0.618. The summed E-state index contributed by atoms with van der Waals surface area (Å²) in [6, 6.07) is 14.1. The molecule has 0 aliphatic carbocycles. The standard InChI is InChI=1S/C15H10Cl2N2S/c16-10-6-5-9(7-11(10)17)15-19-13-4-2-1-3-12(13)18-14(19)8-20-15/h1-7,15H,8H2/t15-/m1/s1. The van der Waals surface area contributed by atoms with Gasteiger partial charge in [-0.15, -0.1) is 11.8 Å². The summed E-state index contributed by atoms with van der Waals surface area (Å²) in [7, 11) is 0. The minimum absolute atomic E-state index is 0.215. The van der Waals surface area contributed by atoms with Crippen LogP contribution in [0.3, 0.4) is 0 Å². The Hall–Kier alpha value is -1.16. The predicted octanol–water partition coefficient (Wildman–Crippen LogP) is 5.14. The van der Waals surface area contributed by atoms with Crippen molar-refractivity contribution in [3.05, 3.63) is 63.9 Å². The van der Waals surface area contributed by atoms with Crippen molar-refractivity contribution in [2.75, 3.05) is 0 Å². The highest BCUT2D eigenvalue weighted by Gasteiger charge is 2.27. The molecule has 1 atom stereocenters. The Kier molecular flexibility index (Phi) is 2.95. The van der Waals surface area contributed by atoms with Crippen LogP contribution >= 0.6 is 35.0 Å². The van der Waals surface area contributed by atoms with Crippen molar-refractivity contribution in [1.82, 2.24) is 9.55 Å². The van der Waals surface area contributed by atoms with E-state index in [0.717, 1.165) is 22.7 Å². The van der Waals surface area contributed by atoms with E-state index in [9.17, 15) is 0 Å². The maximum Gasteiger partial charge on any atom is 0.121 e. The molecule has 100 valence electrons. The Morgan fingerprint density at radius 2 is 1.95 bits per heavy atom. The van der Waals surface area contributed by atoms with E-state index >= 15 is 0 Å². The van der Waals surface area contributed by atoms with Crippen LogP contribution in [0.5, 0.6) is 0 Å². The second-order valence-corrected chi connectivity index (χ2v) is 6.61. The fourth-order valence-corrected chi connectivity index (χ4v) is 4.14. The SMILES string of the molecule is Clc1ccc([C@H]2SCc3nc4ccccc4n32)cc1Cl. The second-order valence-electron chi connectivity index (χ2n) is 4.72. The first-order valence-corrected chi connectivity index (χ1v) is 8.07. The van der Waals surface area contributed by atoms with E-state index in [4.69, 9.17) is 28.2 Å². The zero-order chi connectivity index (χ0) is 13.7. The van der Waals surface area contributed by atoms with Gasteiger partial charge >= 0.3 is 0 Å². The van der Waals surface area contributed by atoms with Gasteiger partial charge in [0.05, 0.1) is 26.8 Å². The van der Waals surface area contributed by atoms with Crippen molar-refractivity contribution in [2.24, 2.45) is 0 Å². The van der Waals surface area contributed by atoms with Crippen LogP contribution in [0.2, 0.25) is 10.0 Å². The number of nitrogens with zero attached hydrogens (tertiary/aromatic N) is 2. The van der Waals surface area contributed by atoms with Crippen LogP contribution in [0, 0.1) is 0 Å². The average molecular weight is 321 g/mol. The largest absolute Gasteiger partial charge is 0.310 e. The minimum atomic E-state index is 0.215. The molecule has 5 heteroatoms. The minimum Gasteiger partial charge on any atom is -0.310 e. The zero-order valence-corrected chi connectivity index (χ0v) is 12.7. The molecule has 0 spiro atoms. The van der Waals surface area contributed by atoms with Crippen molar-refractivity contribution in [3.8, 4) is 0 Å². The van der Waals surface area contributed by atoms with Gasteiger partial charge in [-0.1, -0.05) is 41.4 Å². The predicted molar refractivity (Wildman–Crippen MR) is 85.6 cm³/mol. The lowest BCUT2D eigenvalue weighted by Crippen LogP contribution is -2.03. The van der Waals surface area contributed by atoms with Crippen LogP contribution in [-0.2, 0) is 5.75 Å². The molecule has 4 rings (SSSR count). The fraction of sp³-hybridized carbons (Fsp3) is 0.133. The summed E-state index contributed by atoms with van der Waals surface area (Å²) in [6.07, 6.45) is 0. The maximum absolute atomic E-state index is 6.15. The Morgan fingerprint density at radius 3 is 2.80 bits per heavy atom. The first-order valence-electron chi connectivity index (χ1n) is 6.26. The molecule has 0 radical (unpaired) electrons. The van der Waals surface area contributed by atoms with Gasteiger partial charge < -0.3 is 4.57 Å². The molecule has 1 aromatic heterocycles. The van der Waals surface area contributed by atoms with Gasteiger partial charge in [-0.3, -0.25) is 0 Å². The number of benzene rings is 2. The molecule has 1 aliphatic rings. The molecular weight excluding hydrogens is 311 g/mol. The molecule has 0 saturated carbocycles. The van der Waals surface area contributed by atoms with Crippen LogP contribution in [0.25, 0.3) is 11.0 Å². The second kappa shape index (κ2) is 4.69. The number of rotatable bonds is 1. The normalized spacial score (nSPS) is 17.6. The lowest BCUT2D eigenvalue weighted by Gasteiger charge is -2.14. The first-order chi connectivity index (χ1) is 9.74. The van der Waals surface area contributed by atoms with E-state index in [-0.39, 0.29) is 5.37 Å². The molecule has 2 aromatic carbocycles. The van der Waals surface area contributed by atoms with Crippen LogP contribution in [0.1, 0.15) is 16.8 Å². The summed E-state index contributed by atoms with van der Waals surface area (Å²) in [4.78, 5) is 4.69. The third kappa shape index (κ3) is 1.85. The molecular formula is C15H10Cl2N2S. The zero-order valence-electron chi connectivity index (χ0n) is 10.4. The summed E-state index contributed by atoms with van der Waals surface area (Å²) >= 11 is 14.0. The van der Waals surface area contributed by atoms with Crippen molar-refractivity contribution >= 4 is 46.0 Å². The monoisotopic (exact) mass is 320 g/mol. The van der Waals surface area contributed by atoms with E-state index in [2.05, 4.69) is 16.7 Å². The highest BCUT2D eigenvalue weighted by Crippen LogP contribution is 2.43. The lowest BCUT2D eigenvalue weighted by molar-refractivity contribution is 0.794. The summed E-state index contributed by atoms with van der Waals surface area (Å²) in [5.74, 6) is 2.03. The molecule has 0 fully saturated rings. The third-order valence-corrected chi connectivity index (χ3v) is 5.47. The molecule has 3 aromatic rings. The third-order valence-electron chi connectivity index (χ3n) is 3.50. The number of hydrogen-bond donors (Lipinski definition) is 0. The van der Waals surface area contributed by atoms with Gasteiger partial charge in [0.2, 0.25) is 0 Å². The average Bonchev–Trinajstić information content (AvgIpc) is 3.00. The summed E-state index contributed by atoms with van der Waals surface area (Å²) in [6.45, 7) is 0. The summed E-state index contributed by atoms with van der Waals surface area (Å²) in [5, 5.41) is 1.41. The topological polar surface area (TPSA) is 17.8 Å². The number of imidazole rings is 1. The van der Waals surface area contributed by atoms with Gasteiger partial charge in [-0.2, -0.15) is 0 Å². The molecule has 20 heavy (non-hydrogen) atoms. The Labute approximate surface area is 130 Å². The number of halogens is 2. The van der Waals surface area contributed by atoms with Crippen molar-refractivity contribution < 1.29 is 0 Å². The summed E-state index contributed by atoms with van der Waals surface area (Å²) < 4.78 is 2.29. The molecule has 2 nitrogen and oxygen atoms in total. The van der Waals surface area contributed by atoms with Crippen LogP contribution in [-0.4, -0.2) is 9.55 Å². The molecule has 0 N–H and O–H groups in total. The van der Waals surface area contributed by atoms with E-state index < -0.39 is 0 Å². The van der Waals surface area contributed by atoms with Gasteiger partial charge in [-0.05, 0) is 29.8 Å². The lowest BCUT2D eigenvalue weighted by atomic mass is 10.2. The molecule has 2 heterocycles. The van der Waals surface area contributed by atoms with Crippen LogP contribution in [0.4, 0.5) is 0 Å². The number of fused-ring (bicyclic) bond motifs is 3. The fourth-order valence-electron chi connectivity index (χ4n) is 2.60. The van der Waals surface area contributed by atoms with E-state index in [1.807, 2.05) is 42.1 Å². The molecule has 0 saturated heterocycles. The molecule has 0 amide bonds. The van der Waals surface area contributed by atoms with Crippen molar-refractivity contribution in [1.29, 1.82) is 0 Å². The van der Waals surface area contributed by atoms with Gasteiger partial charge in [0.1, 0.15) is 11.2 Å². The first kappa shape index (κ1) is 12.6. The maximum atomic E-state index is 6.15. The van der Waals surface area contributed by atoms with E-state index in [1.165, 1.54) is 5.52 Å². The Morgan fingerprint density at radius 1 is 1.10 bits per heavy atom.